The molecule has 0 amide bonds. The van der Waals surface area contributed by atoms with Crippen molar-refractivity contribution in [3.63, 3.8) is 0 Å². The van der Waals surface area contributed by atoms with Gasteiger partial charge < -0.3 is 5.73 Å². The second-order valence-electron chi connectivity index (χ2n) is 2.81. The molecule has 4 nitrogen and oxygen atoms in total. The van der Waals surface area contributed by atoms with Gasteiger partial charge in [0, 0.05) is 4.47 Å². The number of hydrogen-bond acceptors (Lipinski definition) is 3. The van der Waals surface area contributed by atoms with Crippen molar-refractivity contribution in [2.45, 2.75) is 0 Å². The Hall–Kier alpha value is -0.780. The van der Waals surface area contributed by atoms with Crippen LogP contribution in [0.5, 0.6) is 0 Å². The Bertz CT molecular complexity index is 488. The van der Waals surface area contributed by atoms with Gasteiger partial charge in [0.05, 0.1) is 16.2 Å². The van der Waals surface area contributed by atoms with Gasteiger partial charge in [0.25, 0.3) is 0 Å². The molecule has 78 valence electrons. The van der Waals surface area contributed by atoms with Crippen LogP contribution < -0.4 is 5.73 Å². The minimum atomic E-state index is 0.310. The Kier molecular flexibility index (Phi) is 2.86. The zero-order chi connectivity index (χ0) is 11.0. The van der Waals surface area contributed by atoms with Crippen molar-refractivity contribution in [1.82, 2.24) is 15.0 Å². The van der Waals surface area contributed by atoms with Gasteiger partial charge in [-0.25, -0.2) is 4.68 Å². The van der Waals surface area contributed by atoms with Gasteiger partial charge in [-0.05, 0) is 12.1 Å². The first kappa shape index (κ1) is 10.7. The fourth-order valence-electron chi connectivity index (χ4n) is 1.14. The van der Waals surface area contributed by atoms with Crippen molar-refractivity contribution in [2.75, 3.05) is 5.73 Å². The molecule has 2 rings (SSSR count). The number of halogens is 3. The quantitative estimate of drug-likeness (QED) is 0.881. The summed E-state index contributed by atoms with van der Waals surface area (Å²) in [6.45, 7) is 0. The van der Waals surface area contributed by atoms with Gasteiger partial charge in [0.15, 0.2) is 5.82 Å². The van der Waals surface area contributed by atoms with E-state index >= 15 is 0 Å². The van der Waals surface area contributed by atoms with E-state index in [0.29, 0.717) is 21.6 Å². The van der Waals surface area contributed by atoms with E-state index in [2.05, 4.69) is 26.2 Å². The summed E-state index contributed by atoms with van der Waals surface area (Å²) in [7, 11) is 0. The van der Waals surface area contributed by atoms with E-state index in [0.717, 1.165) is 4.47 Å². The van der Waals surface area contributed by atoms with Crippen LogP contribution in [0, 0.1) is 0 Å². The summed E-state index contributed by atoms with van der Waals surface area (Å²) in [4.78, 5) is 0. The first-order valence-electron chi connectivity index (χ1n) is 3.90. The molecule has 0 spiro atoms. The first-order valence-corrected chi connectivity index (χ1v) is 5.45. The fraction of sp³-hybridized carbons (Fsp3) is 0. The molecular weight excluding hydrogens is 303 g/mol. The van der Waals surface area contributed by atoms with E-state index in [-0.39, 0.29) is 0 Å². The highest BCUT2D eigenvalue weighted by molar-refractivity contribution is 9.10. The average molecular weight is 308 g/mol. The summed E-state index contributed by atoms with van der Waals surface area (Å²) in [6, 6.07) is 3.45. The van der Waals surface area contributed by atoms with Gasteiger partial charge >= 0.3 is 0 Å². The maximum atomic E-state index is 6.03. The van der Waals surface area contributed by atoms with Gasteiger partial charge in [-0.1, -0.05) is 44.3 Å². The lowest BCUT2D eigenvalue weighted by atomic mass is 10.3. The predicted octanol–water partition coefficient (Wildman–Crippen LogP) is 2.92. The second-order valence-corrected chi connectivity index (χ2v) is 4.54. The fourth-order valence-corrected chi connectivity index (χ4v) is 2.52. The molecule has 0 saturated carbocycles. The highest BCUT2D eigenvalue weighted by atomic mass is 79.9. The number of nitrogens with two attached hydrogens (primary N) is 1. The van der Waals surface area contributed by atoms with Crippen LogP contribution in [0.3, 0.4) is 0 Å². The summed E-state index contributed by atoms with van der Waals surface area (Å²) in [6.07, 6.45) is 1.54. The van der Waals surface area contributed by atoms with E-state index in [1.54, 1.807) is 18.3 Å². The van der Waals surface area contributed by atoms with Crippen molar-refractivity contribution < 1.29 is 0 Å². The molecule has 7 heteroatoms. The SMILES string of the molecule is Nc1cn(-c2c(Cl)cc(Br)cc2Cl)nn1. The molecule has 0 radical (unpaired) electrons. The van der Waals surface area contributed by atoms with E-state index in [9.17, 15) is 0 Å². The monoisotopic (exact) mass is 306 g/mol. The highest BCUT2D eigenvalue weighted by Gasteiger charge is 2.11. The van der Waals surface area contributed by atoms with Crippen LogP contribution in [-0.4, -0.2) is 15.0 Å². The molecule has 0 aliphatic carbocycles. The molecule has 0 unspecified atom stereocenters. The van der Waals surface area contributed by atoms with Crippen LogP contribution >= 0.6 is 39.1 Å². The number of anilines is 1. The molecule has 0 atom stereocenters. The lowest BCUT2D eigenvalue weighted by molar-refractivity contribution is 0.804. The minimum absolute atomic E-state index is 0.310. The molecule has 0 saturated heterocycles. The molecule has 0 fully saturated rings. The smallest absolute Gasteiger partial charge is 0.166 e. The summed E-state index contributed by atoms with van der Waals surface area (Å²) in [5.41, 5.74) is 6.02. The Labute approximate surface area is 104 Å². The number of benzene rings is 1. The normalized spacial score (nSPS) is 10.6. The van der Waals surface area contributed by atoms with Crippen molar-refractivity contribution in [2.24, 2.45) is 0 Å². The van der Waals surface area contributed by atoms with E-state index in [1.807, 2.05) is 0 Å². The zero-order valence-electron chi connectivity index (χ0n) is 7.28. The molecular formula is C8H5BrCl2N4. The van der Waals surface area contributed by atoms with Crippen molar-refractivity contribution in [3.8, 4) is 5.69 Å². The van der Waals surface area contributed by atoms with Crippen LogP contribution in [0.15, 0.2) is 22.8 Å². The molecule has 2 aromatic rings. The standard InChI is InChI=1S/C8H5BrCl2N4/c9-4-1-5(10)8(6(11)2-4)15-3-7(12)13-14-15/h1-3H,12H2. The van der Waals surface area contributed by atoms with Crippen LogP contribution in [0.1, 0.15) is 0 Å². The van der Waals surface area contributed by atoms with Crippen LogP contribution in [-0.2, 0) is 0 Å². The van der Waals surface area contributed by atoms with Crippen molar-refractivity contribution in [3.05, 3.63) is 32.8 Å². The van der Waals surface area contributed by atoms with Crippen LogP contribution in [0.2, 0.25) is 10.0 Å². The van der Waals surface area contributed by atoms with Gasteiger partial charge in [-0.2, -0.15) is 0 Å². The predicted molar refractivity (Wildman–Crippen MR) is 63.5 cm³/mol. The molecule has 0 aliphatic rings. The highest BCUT2D eigenvalue weighted by Crippen LogP contribution is 2.31. The largest absolute Gasteiger partial charge is 0.381 e. The number of nitrogens with zero attached hydrogens (tertiary/aromatic N) is 3. The third-order valence-corrected chi connectivity index (χ3v) is 2.76. The first-order chi connectivity index (χ1) is 7.08. The molecule has 0 aliphatic heterocycles. The van der Waals surface area contributed by atoms with Gasteiger partial charge in [0.2, 0.25) is 0 Å². The Morgan fingerprint density at radius 2 is 1.87 bits per heavy atom. The van der Waals surface area contributed by atoms with Crippen molar-refractivity contribution >= 4 is 44.9 Å². The zero-order valence-corrected chi connectivity index (χ0v) is 10.4. The molecule has 15 heavy (non-hydrogen) atoms. The summed E-state index contributed by atoms with van der Waals surface area (Å²) in [5, 5.41) is 8.40. The molecule has 1 aromatic carbocycles. The summed E-state index contributed by atoms with van der Waals surface area (Å²) in [5.74, 6) is 0.310. The van der Waals surface area contributed by atoms with Crippen LogP contribution in [0.4, 0.5) is 5.82 Å². The third-order valence-electron chi connectivity index (χ3n) is 1.72. The van der Waals surface area contributed by atoms with Crippen LogP contribution in [0.25, 0.3) is 5.69 Å². The second kappa shape index (κ2) is 4.00. The summed E-state index contributed by atoms with van der Waals surface area (Å²) >= 11 is 15.4. The number of hydrogen-bond donors (Lipinski definition) is 1. The number of aromatic nitrogens is 3. The van der Waals surface area contributed by atoms with Gasteiger partial charge in [0.1, 0.15) is 5.69 Å². The Morgan fingerprint density at radius 3 is 2.33 bits per heavy atom. The molecule has 1 aromatic heterocycles. The average Bonchev–Trinajstić information content (AvgIpc) is 2.49. The van der Waals surface area contributed by atoms with Gasteiger partial charge in [-0.3, -0.25) is 0 Å². The maximum absolute atomic E-state index is 6.03. The Balaban J connectivity index is 2.62. The molecule has 2 N–H and O–H groups in total. The number of nitrogen functional groups attached to an aromatic ring is 1. The minimum Gasteiger partial charge on any atom is -0.381 e. The van der Waals surface area contributed by atoms with E-state index < -0.39 is 0 Å². The molecule has 0 bridgehead atoms. The lowest BCUT2D eigenvalue weighted by Gasteiger charge is -2.06. The Morgan fingerprint density at radius 1 is 1.27 bits per heavy atom. The number of rotatable bonds is 1. The maximum Gasteiger partial charge on any atom is 0.166 e. The summed E-state index contributed by atoms with van der Waals surface area (Å²) < 4.78 is 2.24. The van der Waals surface area contributed by atoms with E-state index in [1.165, 1.54) is 4.68 Å². The topological polar surface area (TPSA) is 56.7 Å². The van der Waals surface area contributed by atoms with Crippen molar-refractivity contribution in [1.29, 1.82) is 0 Å². The lowest BCUT2D eigenvalue weighted by Crippen LogP contribution is -1.97. The van der Waals surface area contributed by atoms with Gasteiger partial charge in [-0.15, -0.1) is 5.10 Å². The molecule has 1 heterocycles. The van der Waals surface area contributed by atoms with E-state index in [4.69, 9.17) is 28.9 Å². The third kappa shape index (κ3) is 2.09.